The van der Waals surface area contributed by atoms with Gasteiger partial charge >= 0.3 is 6.18 Å². The number of alkyl halides is 3. The molecule has 0 amide bonds. The van der Waals surface area contributed by atoms with E-state index >= 15 is 0 Å². The van der Waals surface area contributed by atoms with Gasteiger partial charge in [-0.2, -0.15) is 13.2 Å². The number of sulfonamides is 1. The number of hydrogen-bond donors (Lipinski definition) is 1. The molecule has 0 saturated heterocycles. The molecule has 124 valence electrons. The van der Waals surface area contributed by atoms with Crippen LogP contribution < -0.4 is 4.72 Å². The predicted molar refractivity (Wildman–Crippen MR) is 75.2 cm³/mol. The Labute approximate surface area is 131 Å². The predicted octanol–water partition coefficient (Wildman–Crippen LogP) is 3.21. The third-order valence-corrected chi connectivity index (χ3v) is 5.73. The highest BCUT2D eigenvalue weighted by molar-refractivity contribution is 7.89. The number of methoxy groups -OCH3 is 1. The van der Waals surface area contributed by atoms with Crippen molar-refractivity contribution >= 4 is 21.6 Å². The first-order valence-electron chi connectivity index (χ1n) is 6.50. The van der Waals surface area contributed by atoms with Crippen LogP contribution in [0.1, 0.15) is 24.8 Å². The third kappa shape index (κ3) is 3.40. The highest BCUT2D eigenvalue weighted by atomic mass is 35.5. The maximum atomic E-state index is 13.1. The molecule has 1 saturated carbocycles. The lowest BCUT2D eigenvalue weighted by atomic mass is 9.78. The minimum Gasteiger partial charge on any atom is -0.383 e. The van der Waals surface area contributed by atoms with Gasteiger partial charge in [-0.1, -0.05) is 17.7 Å². The zero-order chi connectivity index (χ0) is 16.6. The molecule has 0 atom stereocenters. The van der Waals surface area contributed by atoms with Gasteiger partial charge in [0.05, 0.1) is 22.7 Å². The molecule has 0 bridgehead atoms. The average Bonchev–Trinajstić information content (AvgIpc) is 2.34. The highest BCUT2D eigenvalue weighted by Gasteiger charge is 2.44. The summed E-state index contributed by atoms with van der Waals surface area (Å²) in [5, 5.41) is -0.464. The standard InChI is InChI=1S/C13H15ClF3NO3S/c1-21-8-12(6-3-7-12)18-22(19,20)11-9(13(15,16)17)4-2-5-10(11)14/h2,4-5,18H,3,6-8H2,1H3. The molecule has 0 radical (unpaired) electrons. The maximum absolute atomic E-state index is 13.1. The third-order valence-electron chi connectivity index (χ3n) is 3.62. The molecule has 1 aromatic rings. The molecule has 1 aromatic carbocycles. The van der Waals surface area contributed by atoms with Gasteiger partial charge in [0.15, 0.2) is 0 Å². The summed E-state index contributed by atoms with van der Waals surface area (Å²) in [7, 11) is -3.02. The van der Waals surface area contributed by atoms with Crippen LogP contribution in [-0.2, 0) is 20.9 Å². The number of benzene rings is 1. The van der Waals surface area contributed by atoms with Crippen LogP contribution in [-0.4, -0.2) is 27.7 Å². The molecule has 2 rings (SSSR count). The Kier molecular flexibility index (Phi) is 4.77. The Morgan fingerprint density at radius 1 is 1.36 bits per heavy atom. The van der Waals surface area contributed by atoms with Crippen LogP contribution in [0.25, 0.3) is 0 Å². The summed E-state index contributed by atoms with van der Waals surface area (Å²) < 4.78 is 71.4. The zero-order valence-electron chi connectivity index (χ0n) is 11.7. The lowest BCUT2D eigenvalue weighted by molar-refractivity contribution is -0.139. The number of halogens is 4. The van der Waals surface area contributed by atoms with E-state index in [0.717, 1.165) is 18.6 Å². The number of rotatable bonds is 5. The van der Waals surface area contributed by atoms with Gasteiger partial charge in [0, 0.05) is 7.11 Å². The van der Waals surface area contributed by atoms with Crippen LogP contribution in [0.15, 0.2) is 23.1 Å². The smallest absolute Gasteiger partial charge is 0.383 e. The topological polar surface area (TPSA) is 55.4 Å². The van der Waals surface area contributed by atoms with Crippen LogP contribution in [0, 0.1) is 0 Å². The zero-order valence-corrected chi connectivity index (χ0v) is 13.3. The molecule has 4 nitrogen and oxygen atoms in total. The molecule has 22 heavy (non-hydrogen) atoms. The Hall–Kier alpha value is -0.830. The first kappa shape index (κ1) is 17.5. The Bertz CT molecular complexity index is 657. The second-order valence-electron chi connectivity index (χ2n) is 5.29. The molecule has 0 heterocycles. The molecular formula is C13H15ClF3NO3S. The summed E-state index contributed by atoms with van der Waals surface area (Å²) in [6.07, 6.45) is -3.03. The van der Waals surface area contributed by atoms with Crippen molar-refractivity contribution in [1.82, 2.24) is 4.72 Å². The first-order chi connectivity index (χ1) is 10.1. The summed E-state index contributed by atoms with van der Waals surface area (Å²) in [4.78, 5) is -0.938. The average molecular weight is 358 g/mol. The second-order valence-corrected chi connectivity index (χ2v) is 7.31. The normalized spacial score (nSPS) is 18.0. The van der Waals surface area contributed by atoms with Crippen LogP contribution in [0.4, 0.5) is 13.2 Å². The molecule has 0 aromatic heterocycles. The Balaban J connectivity index is 2.46. The lowest BCUT2D eigenvalue weighted by Crippen LogP contribution is -2.56. The van der Waals surface area contributed by atoms with Gasteiger partial charge in [0.25, 0.3) is 0 Å². The van der Waals surface area contributed by atoms with Crippen molar-refractivity contribution in [3.63, 3.8) is 0 Å². The largest absolute Gasteiger partial charge is 0.417 e. The molecule has 1 N–H and O–H groups in total. The van der Waals surface area contributed by atoms with Crippen molar-refractivity contribution in [3.8, 4) is 0 Å². The SMILES string of the molecule is COCC1(NS(=O)(=O)c2c(Cl)cccc2C(F)(F)F)CCC1. The fourth-order valence-corrected chi connectivity index (χ4v) is 4.71. The van der Waals surface area contributed by atoms with E-state index in [1.54, 1.807) is 0 Å². The van der Waals surface area contributed by atoms with Crippen LogP contribution >= 0.6 is 11.6 Å². The van der Waals surface area contributed by atoms with Crippen molar-refractivity contribution in [2.75, 3.05) is 13.7 Å². The van der Waals surface area contributed by atoms with Crippen LogP contribution in [0.3, 0.4) is 0 Å². The minimum absolute atomic E-state index is 0.0953. The van der Waals surface area contributed by atoms with Crippen molar-refractivity contribution in [3.05, 3.63) is 28.8 Å². The van der Waals surface area contributed by atoms with Crippen LogP contribution in [0.2, 0.25) is 5.02 Å². The number of nitrogens with one attached hydrogen (secondary N) is 1. The van der Waals surface area contributed by atoms with Crippen molar-refractivity contribution in [2.45, 2.75) is 35.9 Å². The van der Waals surface area contributed by atoms with Crippen molar-refractivity contribution in [2.24, 2.45) is 0 Å². The Morgan fingerprint density at radius 3 is 2.45 bits per heavy atom. The summed E-state index contributed by atoms with van der Waals surface area (Å²) in [5.74, 6) is 0. The minimum atomic E-state index is -4.82. The van der Waals surface area contributed by atoms with Gasteiger partial charge in [-0.25, -0.2) is 13.1 Å². The summed E-state index contributed by atoms with van der Waals surface area (Å²) in [6, 6.07) is 2.89. The number of hydrogen-bond acceptors (Lipinski definition) is 3. The van der Waals surface area contributed by atoms with E-state index in [9.17, 15) is 21.6 Å². The molecule has 0 unspecified atom stereocenters. The van der Waals surface area contributed by atoms with Crippen molar-refractivity contribution < 1.29 is 26.3 Å². The molecule has 0 spiro atoms. The second kappa shape index (κ2) is 5.99. The van der Waals surface area contributed by atoms with E-state index in [0.29, 0.717) is 18.9 Å². The molecule has 9 heteroatoms. The fraction of sp³-hybridized carbons (Fsp3) is 0.538. The maximum Gasteiger partial charge on any atom is 0.417 e. The molecule has 0 aliphatic heterocycles. The quantitative estimate of drug-likeness (QED) is 0.880. The molecular weight excluding hydrogens is 343 g/mol. The molecule has 1 aliphatic rings. The van der Waals surface area contributed by atoms with E-state index in [1.165, 1.54) is 7.11 Å². The fourth-order valence-electron chi connectivity index (χ4n) is 2.50. The van der Waals surface area contributed by atoms with E-state index in [4.69, 9.17) is 16.3 Å². The monoisotopic (exact) mass is 357 g/mol. The summed E-state index contributed by atoms with van der Waals surface area (Å²) in [5.41, 5.74) is -2.14. The van der Waals surface area contributed by atoms with Gasteiger partial charge < -0.3 is 4.74 Å². The van der Waals surface area contributed by atoms with Gasteiger partial charge in [0.2, 0.25) is 10.0 Å². The van der Waals surface area contributed by atoms with Crippen LogP contribution in [0.5, 0.6) is 0 Å². The summed E-state index contributed by atoms with van der Waals surface area (Å²) >= 11 is 5.74. The van der Waals surface area contributed by atoms with Gasteiger partial charge in [0.1, 0.15) is 4.90 Å². The van der Waals surface area contributed by atoms with E-state index in [2.05, 4.69) is 4.72 Å². The molecule has 1 aliphatic carbocycles. The first-order valence-corrected chi connectivity index (χ1v) is 8.36. The van der Waals surface area contributed by atoms with Crippen molar-refractivity contribution in [1.29, 1.82) is 0 Å². The van der Waals surface area contributed by atoms with E-state index in [-0.39, 0.29) is 6.61 Å². The van der Waals surface area contributed by atoms with E-state index < -0.39 is 37.2 Å². The number of ether oxygens (including phenoxy) is 1. The van der Waals surface area contributed by atoms with Gasteiger partial charge in [-0.15, -0.1) is 0 Å². The van der Waals surface area contributed by atoms with E-state index in [1.807, 2.05) is 0 Å². The molecule has 1 fully saturated rings. The van der Waals surface area contributed by atoms with Gasteiger partial charge in [-0.3, -0.25) is 0 Å². The highest BCUT2D eigenvalue weighted by Crippen LogP contribution is 2.39. The summed E-state index contributed by atoms with van der Waals surface area (Å²) in [6.45, 7) is 0.0953. The Morgan fingerprint density at radius 2 is 2.00 bits per heavy atom. The van der Waals surface area contributed by atoms with Gasteiger partial charge in [-0.05, 0) is 31.4 Å². The lowest BCUT2D eigenvalue weighted by Gasteiger charge is -2.41.